The number of aromatic nitrogens is 1. The van der Waals surface area contributed by atoms with Gasteiger partial charge in [0.1, 0.15) is 5.69 Å². The number of alkyl halides is 2. The topological polar surface area (TPSA) is 42.0 Å². The highest BCUT2D eigenvalue weighted by molar-refractivity contribution is 9.10. The predicted molar refractivity (Wildman–Crippen MR) is 69.2 cm³/mol. The van der Waals surface area contributed by atoms with E-state index in [-0.39, 0.29) is 17.7 Å². The largest absolute Gasteiger partial charge is 0.343 e. The van der Waals surface area contributed by atoms with Crippen molar-refractivity contribution < 1.29 is 4.79 Å². The van der Waals surface area contributed by atoms with Crippen molar-refractivity contribution in [2.24, 2.45) is 0 Å². The molecule has 1 rings (SSSR count). The highest BCUT2D eigenvalue weighted by Gasteiger charge is 2.25. The van der Waals surface area contributed by atoms with Crippen molar-refractivity contribution >= 4 is 45.0 Å². The Bertz CT molecular complexity index is 366. The lowest BCUT2D eigenvalue weighted by Gasteiger charge is -2.25. The van der Waals surface area contributed by atoms with E-state index in [1.807, 2.05) is 0 Å². The molecule has 0 radical (unpaired) electrons. The van der Waals surface area contributed by atoms with Crippen LogP contribution in [0.15, 0.2) is 22.8 Å². The summed E-state index contributed by atoms with van der Waals surface area (Å²) in [6.45, 7) is 1.78. The summed E-state index contributed by atoms with van der Waals surface area (Å²) in [6.07, 6.45) is 1.56. The Morgan fingerprint density at radius 2 is 2.12 bits per heavy atom. The van der Waals surface area contributed by atoms with Crippen LogP contribution in [0.2, 0.25) is 0 Å². The van der Waals surface area contributed by atoms with Gasteiger partial charge in [0.05, 0.1) is 5.54 Å². The monoisotopic (exact) mass is 324 g/mol. The fourth-order valence-electron chi connectivity index (χ4n) is 0.951. The smallest absolute Gasteiger partial charge is 0.270 e. The van der Waals surface area contributed by atoms with Crippen molar-refractivity contribution in [1.29, 1.82) is 0 Å². The minimum absolute atomic E-state index is 0.249. The Labute approximate surface area is 113 Å². The molecular weight excluding hydrogens is 315 g/mol. The van der Waals surface area contributed by atoms with Crippen LogP contribution in [0.3, 0.4) is 0 Å². The van der Waals surface area contributed by atoms with E-state index in [9.17, 15) is 4.79 Å². The quantitative estimate of drug-likeness (QED) is 0.865. The summed E-state index contributed by atoms with van der Waals surface area (Å²) in [5.41, 5.74) is -0.278. The van der Waals surface area contributed by atoms with E-state index in [4.69, 9.17) is 23.2 Å². The van der Waals surface area contributed by atoms with Gasteiger partial charge in [-0.25, -0.2) is 4.98 Å². The molecule has 0 spiro atoms. The molecule has 0 atom stereocenters. The van der Waals surface area contributed by atoms with Crippen LogP contribution in [0.5, 0.6) is 0 Å². The maximum absolute atomic E-state index is 11.8. The molecule has 0 bridgehead atoms. The number of hydrogen-bond acceptors (Lipinski definition) is 2. The summed E-state index contributed by atoms with van der Waals surface area (Å²) in [4.78, 5) is 15.8. The number of pyridine rings is 1. The van der Waals surface area contributed by atoms with E-state index in [1.165, 1.54) is 0 Å². The second-order valence-corrected chi connectivity index (χ2v) is 5.09. The molecule has 16 heavy (non-hydrogen) atoms. The third-order valence-corrected chi connectivity index (χ3v) is 3.61. The second kappa shape index (κ2) is 5.84. The first-order chi connectivity index (χ1) is 7.50. The molecule has 0 saturated heterocycles. The standard InChI is InChI=1S/C10H11BrCl2N2O/c1-10(5-12,6-13)15-9(16)8-3-2-7(11)4-14-8/h2-4H,5-6H2,1H3,(H,15,16). The molecule has 0 unspecified atom stereocenters. The molecule has 6 heteroatoms. The number of carbonyl (C=O) groups excluding carboxylic acids is 1. The Balaban J connectivity index is 2.76. The van der Waals surface area contributed by atoms with Gasteiger partial charge >= 0.3 is 0 Å². The van der Waals surface area contributed by atoms with Crippen LogP contribution in [-0.2, 0) is 0 Å². The molecule has 1 heterocycles. The Morgan fingerprint density at radius 1 is 1.50 bits per heavy atom. The van der Waals surface area contributed by atoms with E-state index in [2.05, 4.69) is 26.2 Å². The average molecular weight is 326 g/mol. The Morgan fingerprint density at radius 3 is 2.56 bits per heavy atom. The molecule has 1 aromatic rings. The zero-order chi connectivity index (χ0) is 12.2. The van der Waals surface area contributed by atoms with E-state index in [1.54, 1.807) is 25.3 Å². The fourth-order valence-corrected chi connectivity index (χ4v) is 1.60. The lowest BCUT2D eigenvalue weighted by atomic mass is 10.1. The van der Waals surface area contributed by atoms with Crippen LogP contribution in [0.1, 0.15) is 17.4 Å². The molecular formula is C10H11BrCl2N2O. The maximum atomic E-state index is 11.8. The molecule has 1 aromatic heterocycles. The van der Waals surface area contributed by atoms with Gasteiger partial charge in [0.2, 0.25) is 0 Å². The lowest BCUT2D eigenvalue weighted by Crippen LogP contribution is -2.49. The molecule has 0 saturated carbocycles. The third kappa shape index (κ3) is 3.61. The minimum atomic E-state index is -0.616. The van der Waals surface area contributed by atoms with Gasteiger partial charge in [-0.3, -0.25) is 4.79 Å². The molecule has 1 amide bonds. The average Bonchev–Trinajstić information content (AvgIpc) is 2.29. The number of nitrogens with zero attached hydrogens (tertiary/aromatic N) is 1. The first kappa shape index (κ1) is 13.7. The van der Waals surface area contributed by atoms with Crippen LogP contribution in [0, 0.1) is 0 Å². The van der Waals surface area contributed by atoms with Crippen molar-refractivity contribution in [3.8, 4) is 0 Å². The van der Waals surface area contributed by atoms with Crippen LogP contribution >= 0.6 is 39.1 Å². The highest BCUT2D eigenvalue weighted by Crippen LogP contribution is 2.11. The van der Waals surface area contributed by atoms with Gasteiger partial charge in [-0.1, -0.05) is 0 Å². The van der Waals surface area contributed by atoms with Gasteiger partial charge < -0.3 is 5.32 Å². The van der Waals surface area contributed by atoms with Crippen LogP contribution in [0.25, 0.3) is 0 Å². The van der Waals surface area contributed by atoms with Crippen LogP contribution in [0.4, 0.5) is 0 Å². The van der Waals surface area contributed by atoms with Gasteiger partial charge in [0, 0.05) is 22.4 Å². The van der Waals surface area contributed by atoms with E-state index < -0.39 is 5.54 Å². The number of halogens is 3. The van der Waals surface area contributed by atoms with Crippen molar-refractivity contribution in [3.05, 3.63) is 28.5 Å². The molecule has 1 N–H and O–H groups in total. The molecule has 0 aliphatic carbocycles. The minimum Gasteiger partial charge on any atom is -0.343 e. The number of rotatable bonds is 4. The Kier molecular flexibility index (Phi) is 5.02. The molecule has 0 aliphatic rings. The van der Waals surface area contributed by atoms with E-state index >= 15 is 0 Å². The highest BCUT2D eigenvalue weighted by atomic mass is 79.9. The fraction of sp³-hybridized carbons (Fsp3) is 0.400. The first-order valence-corrected chi connectivity index (χ1v) is 6.43. The molecule has 3 nitrogen and oxygen atoms in total. The molecule has 88 valence electrons. The summed E-state index contributed by atoms with van der Waals surface area (Å²) < 4.78 is 0.821. The normalized spacial score (nSPS) is 11.2. The molecule has 0 aromatic carbocycles. The van der Waals surface area contributed by atoms with Crippen molar-refractivity contribution in [3.63, 3.8) is 0 Å². The number of carbonyl (C=O) groups is 1. The number of hydrogen-bond donors (Lipinski definition) is 1. The summed E-state index contributed by atoms with van der Waals surface area (Å²) in [7, 11) is 0. The molecule has 0 fully saturated rings. The van der Waals surface area contributed by atoms with Crippen molar-refractivity contribution in [2.75, 3.05) is 11.8 Å². The molecule has 0 aliphatic heterocycles. The summed E-state index contributed by atoms with van der Waals surface area (Å²) in [5.74, 6) is 0.216. The van der Waals surface area contributed by atoms with Crippen molar-refractivity contribution in [2.45, 2.75) is 12.5 Å². The summed E-state index contributed by atoms with van der Waals surface area (Å²) in [6, 6.07) is 3.38. The SMILES string of the molecule is CC(CCl)(CCl)NC(=O)c1ccc(Br)cn1. The van der Waals surface area contributed by atoms with Gasteiger partial charge in [0.15, 0.2) is 0 Å². The maximum Gasteiger partial charge on any atom is 0.270 e. The number of amides is 1. The lowest BCUT2D eigenvalue weighted by molar-refractivity contribution is 0.0916. The zero-order valence-electron chi connectivity index (χ0n) is 8.64. The summed E-state index contributed by atoms with van der Waals surface area (Å²) >= 11 is 14.7. The van der Waals surface area contributed by atoms with Crippen molar-refractivity contribution in [1.82, 2.24) is 10.3 Å². The van der Waals surface area contributed by atoms with Crippen LogP contribution in [-0.4, -0.2) is 28.2 Å². The van der Waals surface area contributed by atoms with Gasteiger partial charge in [-0.05, 0) is 35.0 Å². The number of nitrogens with one attached hydrogen (secondary N) is 1. The van der Waals surface area contributed by atoms with Gasteiger partial charge in [0.25, 0.3) is 5.91 Å². The first-order valence-electron chi connectivity index (χ1n) is 4.57. The van der Waals surface area contributed by atoms with Gasteiger partial charge in [-0.15, -0.1) is 23.2 Å². The van der Waals surface area contributed by atoms with Crippen LogP contribution < -0.4 is 5.32 Å². The van der Waals surface area contributed by atoms with E-state index in [0.717, 1.165) is 4.47 Å². The van der Waals surface area contributed by atoms with E-state index in [0.29, 0.717) is 5.69 Å². The second-order valence-electron chi connectivity index (χ2n) is 3.64. The predicted octanol–water partition coefficient (Wildman–Crippen LogP) is 2.81. The third-order valence-electron chi connectivity index (χ3n) is 1.97. The van der Waals surface area contributed by atoms with Gasteiger partial charge in [-0.2, -0.15) is 0 Å². The summed E-state index contributed by atoms with van der Waals surface area (Å²) in [5, 5.41) is 2.75. The Hall–Kier alpha value is -0.320. The zero-order valence-corrected chi connectivity index (χ0v) is 11.7.